The molecule has 0 amide bonds. The largest absolute Gasteiger partial charge is 0.397 e. The zero-order valence-electron chi connectivity index (χ0n) is 15.2. The second-order valence-corrected chi connectivity index (χ2v) is 4.44. The monoisotopic (exact) mass is 286 g/mol. The van der Waals surface area contributed by atoms with Crippen LogP contribution in [0.25, 0.3) is 0 Å². The molecule has 2 aromatic rings. The first-order valence-electron chi connectivity index (χ1n) is 8.07. The molecule has 0 bridgehead atoms. The van der Waals surface area contributed by atoms with E-state index in [9.17, 15) is 0 Å². The fourth-order valence-electron chi connectivity index (χ4n) is 1.49. The molecule has 0 radical (unpaired) electrons. The summed E-state index contributed by atoms with van der Waals surface area (Å²) in [6.07, 6.45) is 0. The van der Waals surface area contributed by atoms with Gasteiger partial charge >= 0.3 is 0 Å². The molecule has 18 heavy (non-hydrogen) atoms. The normalized spacial score (nSPS) is 16.8. The minimum atomic E-state index is -2.60. The second-order valence-electron chi connectivity index (χ2n) is 3.69. The number of nitrogen functional groups attached to an aromatic ring is 1. The van der Waals surface area contributed by atoms with Crippen LogP contribution in [0.15, 0.2) is 30.3 Å². The van der Waals surface area contributed by atoms with Crippen LogP contribution >= 0.6 is 23.2 Å². The van der Waals surface area contributed by atoms with Crippen molar-refractivity contribution in [3.63, 3.8) is 0 Å². The Morgan fingerprint density at radius 1 is 1.11 bits per heavy atom. The van der Waals surface area contributed by atoms with Gasteiger partial charge in [-0.2, -0.15) is 0 Å². The Morgan fingerprint density at radius 2 is 1.72 bits per heavy atom. The standard InChI is InChI=1S/C14H14Cl2N2/c1-8-7-9(2)13(16)14(12(8)15)18-11-6-4-3-5-10(11)17/h3-7,18H,17H2,1-2H3/i1D3,2D3. The Morgan fingerprint density at radius 3 is 2.28 bits per heavy atom. The third-order valence-electron chi connectivity index (χ3n) is 2.42. The third kappa shape index (κ3) is 2.40. The van der Waals surface area contributed by atoms with Gasteiger partial charge in [0.25, 0.3) is 0 Å². The summed E-state index contributed by atoms with van der Waals surface area (Å²) >= 11 is 12.4. The first kappa shape index (κ1) is 7.27. The molecule has 2 aromatic carbocycles. The molecule has 0 atom stereocenters. The predicted octanol–water partition coefficient (Wildman–Crippen LogP) is 4.94. The molecular formula is C14H14Cl2N2. The maximum absolute atomic E-state index is 7.57. The molecule has 94 valence electrons. The van der Waals surface area contributed by atoms with Crippen molar-refractivity contribution in [2.24, 2.45) is 0 Å². The minimum Gasteiger partial charge on any atom is -0.397 e. The van der Waals surface area contributed by atoms with Gasteiger partial charge in [0.05, 0.1) is 27.1 Å². The number of hydrogen-bond donors (Lipinski definition) is 2. The Labute approximate surface area is 125 Å². The molecule has 3 N–H and O–H groups in total. The SMILES string of the molecule is [2H]C([2H])([2H])c1cc(C([2H])([2H])[2H])c(Cl)c(Nc2ccccc2N)c1Cl. The van der Waals surface area contributed by atoms with Crippen molar-refractivity contribution in [1.29, 1.82) is 0 Å². The number of hydrogen-bond acceptors (Lipinski definition) is 2. The van der Waals surface area contributed by atoms with E-state index < -0.39 is 13.7 Å². The van der Waals surface area contributed by atoms with Crippen molar-refractivity contribution >= 4 is 40.3 Å². The minimum absolute atomic E-state index is 0.00372. The second kappa shape index (κ2) is 5.09. The Kier molecular flexibility index (Phi) is 2.05. The lowest BCUT2D eigenvalue weighted by Gasteiger charge is -2.15. The number of halogens is 2. The summed E-state index contributed by atoms with van der Waals surface area (Å²) in [5.74, 6) is 0. The number of aryl methyl sites for hydroxylation is 2. The molecular weight excluding hydrogens is 267 g/mol. The number of benzene rings is 2. The summed E-state index contributed by atoms with van der Waals surface area (Å²) in [4.78, 5) is 0. The zero-order valence-corrected chi connectivity index (χ0v) is 10.7. The highest BCUT2D eigenvalue weighted by atomic mass is 35.5. The van der Waals surface area contributed by atoms with Crippen LogP contribution in [0.3, 0.4) is 0 Å². The Bertz CT molecular complexity index is 733. The van der Waals surface area contributed by atoms with Crippen molar-refractivity contribution in [1.82, 2.24) is 0 Å². The van der Waals surface area contributed by atoms with E-state index in [0.717, 1.165) is 6.07 Å². The van der Waals surface area contributed by atoms with Crippen LogP contribution in [0.1, 0.15) is 19.4 Å². The van der Waals surface area contributed by atoms with Gasteiger partial charge in [-0.15, -0.1) is 0 Å². The number of nitrogens with one attached hydrogen (secondary N) is 1. The van der Waals surface area contributed by atoms with Gasteiger partial charge in [-0.25, -0.2) is 0 Å². The van der Waals surface area contributed by atoms with E-state index in [1.54, 1.807) is 24.3 Å². The summed E-state index contributed by atoms with van der Waals surface area (Å²) in [7, 11) is 0. The van der Waals surface area contributed by atoms with E-state index >= 15 is 0 Å². The van der Waals surface area contributed by atoms with Gasteiger partial charge < -0.3 is 11.1 Å². The number of anilines is 3. The number of para-hydroxylation sites is 2. The van der Waals surface area contributed by atoms with E-state index in [0.29, 0.717) is 11.4 Å². The van der Waals surface area contributed by atoms with Crippen LogP contribution in [0.2, 0.25) is 10.0 Å². The van der Waals surface area contributed by atoms with Crippen molar-refractivity contribution in [3.05, 3.63) is 51.5 Å². The van der Waals surface area contributed by atoms with Crippen LogP contribution in [0, 0.1) is 13.7 Å². The molecule has 0 aliphatic carbocycles. The molecule has 0 unspecified atom stereocenters. The van der Waals surface area contributed by atoms with Crippen LogP contribution in [0.5, 0.6) is 0 Å². The highest BCUT2D eigenvalue weighted by Crippen LogP contribution is 2.38. The fraction of sp³-hybridized carbons (Fsp3) is 0.143. The van der Waals surface area contributed by atoms with E-state index in [4.69, 9.17) is 37.2 Å². The van der Waals surface area contributed by atoms with Crippen molar-refractivity contribution < 1.29 is 8.22 Å². The molecule has 0 heterocycles. The molecule has 0 aliphatic rings. The Hall–Kier alpha value is -1.38. The van der Waals surface area contributed by atoms with Crippen LogP contribution < -0.4 is 11.1 Å². The molecule has 4 heteroatoms. The third-order valence-corrected chi connectivity index (χ3v) is 3.21. The lowest BCUT2D eigenvalue weighted by Crippen LogP contribution is -1.99. The topological polar surface area (TPSA) is 38.0 Å². The molecule has 0 aromatic heterocycles. The van der Waals surface area contributed by atoms with Gasteiger partial charge in [-0.05, 0) is 37.0 Å². The maximum atomic E-state index is 7.57. The smallest absolute Gasteiger partial charge is 0.0768 e. The summed E-state index contributed by atoms with van der Waals surface area (Å²) in [5, 5.41) is 2.50. The van der Waals surface area contributed by atoms with Gasteiger partial charge in [-0.1, -0.05) is 41.4 Å². The lowest BCUT2D eigenvalue weighted by molar-refractivity contribution is 1.37. The van der Waals surface area contributed by atoms with Gasteiger partial charge in [0.15, 0.2) is 0 Å². The van der Waals surface area contributed by atoms with Crippen LogP contribution in [-0.4, -0.2) is 0 Å². The average molecular weight is 287 g/mol. The zero-order chi connectivity index (χ0) is 18.3. The summed E-state index contributed by atoms with van der Waals surface area (Å²) < 4.78 is 45.4. The van der Waals surface area contributed by atoms with Crippen LogP contribution in [-0.2, 0) is 0 Å². The highest BCUT2D eigenvalue weighted by Gasteiger charge is 2.12. The lowest BCUT2D eigenvalue weighted by atomic mass is 10.1. The molecule has 0 spiro atoms. The van der Waals surface area contributed by atoms with Gasteiger partial charge in [-0.3, -0.25) is 0 Å². The molecule has 0 fully saturated rings. The van der Waals surface area contributed by atoms with E-state index in [-0.39, 0.29) is 26.9 Å². The average Bonchev–Trinajstić information content (AvgIpc) is 2.42. The Balaban J connectivity index is 2.72. The van der Waals surface area contributed by atoms with E-state index in [2.05, 4.69) is 5.32 Å². The number of rotatable bonds is 2. The van der Waals surface area contributed by atoms with E-state index in [1.165, 1.54) is 0 Å². The van der Waals surface area contributed by atoms with Crippen molar-refractivity contribution in [3.8, 4) is 0 Å². The first-order valence-corrected chi connectivity index (χ1v) is 5.83. The molecule has 0 aliphatic heterocycles. The van der Waals surface area contributed by atoms with Crippen LogP contribution in [0.4, 0.5) is 17.1 Å². The summed E-state index contributed by atoms with van der Waals surface area (Å²) in [6, 6.07) is 7.70. The van der Waals surface area contributed by atoms with E-state index in [1.807, 2.05) is 0 Å². The number of nitrogens with two attached hydrogens (primary N) is 1. The highest BCUT2D eigenvalue weighted by molar-refractivity contribution is 6.40. The van der Waals surface area contributed by atoms with Gasteiger partial charge in [0.2, 0.25) is 0 Å². The molecule has 0 saturated heterocycles. The molecule has 2 nitrogen and oxygen atoms in total. The molecule has 0 saturated carbocycles. The summed E-state index contributed by atoms with van der Waals surface area (Å²) in [5.41, 5.74) is 6.06. The van der Waals surface area contributed by atoms with Crippen molar-refractivity contribution in [2.75, 3.05) is 11.1 Å². The summed E-state index contributed by atoms with van der Waals surface area (Å²) in [6.45, 7) is -5.19. The predicted molar refractivity (Wildman–Crippen MR) is 80.1 cm³/mol. The first-order chi connectivity index (χ1) is 10.9. The van der Waals surface area contributed by atoms with Gasteiger partial charge in [0.1, 0.15) is 0 Å². The van der Waals surface area contributed by atoms with Crippen molar-refractivity contribution in [2.45, 2.75) is 13.7 Å². The maximum Gasteiger partial charge on any atom is 0.0768 e. The quantitative estimate of drug-likeness (QED) is 0.768. The fourth-order valence-corrected chi connectivity index (χ4v) is 1.93. The van der Waals surface area contributed by atoms with Gasteiger partial charge in [0, 0.05) is 8.22 Å². The molecule has 2 rings (SSSR count).